The standard InChI is InChI=1S/C16H16BrNO2/c1-2-13-10-14(17)8-9-15(13)18-16(19)20-11-12-6-4-3-5-7-12/h3-10H,2,11H2,1H3,(H,18,19). The van der Waals surface area contributed by atoms with Crippen LogP contribution in [0.25, 0.3) is 0 Å². The molecule has 20 heavy (non-hydrogen) atoms. The second-order valence-electron chi connectivity index (χ2n) is 4.34. The lowest BCUT2D eigenvalue weighted by molar-refractivity contribution is 0.155. The maximum atomic E-state index is 11.8. The average Bonchev–Trinajstić information content (AvgIpc) is 2.48. The second-order valence-corrected chi connectivity index (χ2v) is 5.26. The second kappa shape index (κ2) is 7.10. The highest BCUT2D eigenvalue weighted by atomic mass is 79.9. The number of carbonyl (C=O) groups excluding carboxylic acids is 1. The van der Waals surface area contributed by atoms with Gasteiger partial charge in [-0.25, -0.2) is 4.79 Å². The third-order valence-electron chi connectivity index (χ3n) is 2.90. The number of anilines is 1. The van der Waals surface area contributed by atoms with Gasteiger partial charge in [-0.1, -0.05) is 53.2 Å². The summed E-state index contributed by atoms with van der Waals surface area (Å²) < 4.78 is 6.20. The molecular formula is C16H16BrNO2. The predicted octanol–water partition coefficient (Wildman–Crippen LogP) is 4.76. The molecule has 104 valence electrons. The number of rotatable bonds is 4. The predicted molar refractivity (Wildman–Crippen MR) is 83.8 cm³/mol. The Hall–Kier alpha value is -1.81. The highest BCUT2D eigenvalue weighted by Crippen LogP contribution is 2.21. The van der Waals surface area contributed by atoms with Gasteiger partial charge >= 0.3 is 6.09 Å². The van der Waals surface area contributed by atoms with E-state index in [2.05, 4.69) is 21.2 Å². The van der Waals surface area contributed by atoms with Gasteiger partial charge in [0.1, 0.15) is 6.61 Å². The van der Waals surface area contributed by atoms with Gasteiger partial charge in [0.25, 0.3) is 0 Å². The zero-order valence-corrected chi connectivity index (χ0v) is 12.8. The van der Waals surface area contributed by atoms with Gasteiger partial charge in [0.15, 0.2) is 0 Å². The van der Waals surface area contributed by atoms with Gasteiger partial charge in [-0.05, 0) is 35.7 Å². The van der Waals surface area contributed by atoms with Crippen molar-refractivity contribution in [2.24, 2.45) is 0 Å². The minimum atomic E-state index is -0.439. The van der Waals surface area contributed by atoms with Crippen LogP contribution >= 0.6 is 15.9 Å². The van der Waals surface area contributed by atoms with Crippen LogP contribution in [0, 0.1) is 0 Å². The van der Waals surface area contributed by atoms with Crippen LogP contribution in [-0.2, 0) is 17.8 Å². The molecule has 4 heteroatoms. The first-order valence-corrected chi connectivity index (χ1v) is 7.24. The summed E-state index contributed by atoms with van der Waals surface area (Å²) >= 11 is 3.42. The fourth-order valence-corrected chi connectivity index (χ4v) is 2.25. The normalized spacial score (nSPS) is 10.1. The van der Waals surface area contributed by atoms with E-state index >= 15 is 0 Å². The van der Waals surface area contributed by atoms with Crippen molar-refractivity contribution in [3.05, 3.63) is 64.1 Å². The highest BCUT2D eigenvalue weighted by molar-refractivity contribution is 9.10. The topological polar surface area (TPSA) is 38.3 Å². The summed E-state index contributed by atoms with van der Waals surface area (Å²) in [6, 6.07) is 15.4. The SMILES string of the molecule is CCc1cc(Br)ccc1NC(=O)OCc1ccccc1. The molecule has 0 aliphatic heterocycles. The molecule has 0 spiro atoms. The molecule has 0 atom stereocenters. The number of halogens is 1. The fourth-order valence-electron chi connectivity index (χ4n) is 1.85. The molecule has 0 radical (unpaired) electrons. The van der Waals surface area contributed by atoms with E-state index in [-0.39, 0.29) is 6.61 Å². The molecule has 1 N–H and O–H groups in total. The van der Waals surface area contributed by atoms with E-state index in [9.17, 15) is 4.79 Å². The Labute approximate surface area is 127 Å². The maximum Gasteiger partial charge on any atom is 0.411 e. The smallest absolute Gasteiger partial charge is 0.411 e. The molecule has 2 aromatic rings. The molecule has 2 rings (SSSR count). The summed E-state index contributed by atoms with van der Waals surface area (Å²) in [7, 11) is 0. The van der Waals surface area contributed by atoms with E-state index in [4.69, 9.17) is 4.74 Å². The minimum absolute atomic E-state index is 0.269. The lowest BCUT2D eigenvalue weighted by Gasteiger charge is -2.11. The molecule has 0 aliphatic rings. The number of hydrogen-bond donors (Lipinski definition) is 1. The minimum Gasteiger partial charge on any atom is -0.444 e. The zero-order valence-electron chi connectivity index (χ0n) is 11.2. The number of nitrogens with one attached hydrogen (secondary N) is 1. The van der Waals surface area contributed by atoms with E-state index in [0.717, 1.165) is 27.7 Å². The lowest BCUT2D eigenvalue weighted by Crippen LogP contribution is -2.14. The monoisotopic (exact) mass is 333 g/mol. The third kappa shape index (κ3) is 4.10. The maximum absolute atomic E-state index is 11.8. The van der Waals surface area contributed by atoms with Crippen molar-refractivity contribution in [2.45, 2.75) is 20.0 Å². The number of carbonyl (C=O) groups is 1. The Morgan fingerprint density at radius 1 is 1.20 bits per heavy atom. The summed E-state index contributed by atoms with van der Waals surface area (Å²) in [5, 5.41) is 2.78. The molecule has 0 saturated carbocycles. The number of amides is 1. The Balaban J connectivity index is 1.95. The van der Waals surface area contributed by atoms with Gasteiger partial charge in [0, 0.05) is 10.2 Å². The summed E-state index contributed by atoms with van der Waals surface area (Å²) in [5.41, 5.74) is 2.82. The number of hydrogen-bond acceptors (Lipinski definition) is 2. The molecule has 2 aromatic carbocycles. The molecular weight excluding hydrogens is 318 g/mol. The summed E-state index contributed by atoms with van der Waals surface area (Å²) in [6.07, 6.45) is 0.402. The molecule has 0 aliphatic carbocycles. The van der Waals surface area contributed by atoms with Crippen LogP contribution in [0.1, 0.15) is 18.1 Å². The van der Waals surface area contributed by atoms with E-state index < -0.39 is 6.09 Å². The Kier molecular flexibility index (Phi) is 5.18. The quantitative estimate of drug-likeness (QED) is 0.875. The third-order valence-corrected chi connectivity index (χ3v) is 3.39. The van der Waals surface area contributed by atoms with Crippen LogP contribution in [0.15, 0.2) is 53.0 Å². The highest BCUT2D eigenvalue weighted by Gasteiger charge is 2.07. The zero-order chi connectivity index (χ0) is 14.4. The van der Waals surface area contributed by atoms with E-state index in [0.29, 0.717) is 0 Å². The van der Waals surface area contributed by atoms with Crippen LogP contribution in [0.2, 0.25) is 0 Å². The Bertz CT molecular complexity index is 584. The van der Waals surface area contributed by atoms with Gasteiger partial charge in [-0.15, -0.1) is 0 Å². The van der Waals surface area contributed by atoms with E-state index in [1.165, 1.54) is 0 Å². The molecule has 0 aromatic heterocycles. The first kappa shape index (κ1) is 14.6. The van der Waals surface area contributed by atoms with Crippen LogP contribution in [0.3, 0.4) is 0 Å². The first-order chi connectivity index (χ1) is 9.69. The van der Waals surface area contributed by atoms with Crippen LogP contribution < -0.4 is 5.32 Å². The average molecular weight is 334 g/mol. The summed E-state index contributed by atoms with van der Waals surface area (Å²) in [4.78, 5) is 11.8. The van der Waals surface area contributed by atoms with Crippen molar-refractivity contribution in [3.63, 3.8) is 0 Å². The van der Waals surface area contributed by atoms with E-state index in [1.54, 1.807) is 0 Å². The van der Waals surface area contributed by atoms with Crippen LogP contribution in [-0.4, -0.2) is 6.09 Å². The fraction of sp³-hybridized carbons (Fsp3) is 0.188. The van der Waals surface area contributed by atoms with Crippen molar-refractivity contribution in [3.8, 4) is 0 Å². The van der Waals surface area contributed by atoms with Crippen molar-refractivity contribution >= 4 is 27.7 Å². The summed E-state index contributed by atoms with van der Waals surface area (Å²) in [5.74, 6) is 0. The lowest BCUT2D eigenvalue weighted by atomic mass is 10.1. The van der Waals surface area contributed by atoms with Crippen LogP contribution in [0.4, 0.5) is 10.5 Å². The first-order valence-electron chi connectivity index (χ1n) is 6.45. The molecule has 3 nitrogen and oxygen atoms in total. The molecule has 0 bridgehead atoms. The van der Waals surface area contributed by atoms with Crippen molar-refractivity contribution < 1.29 is 9.53 Å². The molecule has 0 heterocycles. The number of ether oxygens (including phenoxy) is 1. The van der Waals surface area contributed by atoms with Crippen molar-refractivity contribution in [1.82, 2.24) is 0 Å². The molecule has 0 unspecified atom stereocenters. The van der Waals surface area contributed by atoms with Gasteiger partial charge in [-0.2, -0.15) is 0 Å². The Morgan fingerprint density at radius 2 is 1.95 bits per heavy atom. The van der Waals surface area contributed by atoms with Gasteiger partial charge in [0.2, 0.25) is 0 Å². The Morgan fingerprint density at radius 3 is 2.65 bits per heavy atom. The van der Waals surface area contributed by atoms with Gasteiger partial charge < -0.3 is 4.74 Å². The largest absolute Gasteiger partial charge is 0.444 e. The van der Waals surface area contributed by atoms with E-state index in [1.807, 2.05) is 55.5 Å². The molecule has 0 saturated heterocycles. The molecule has 1 amide bonds. The van der Waals surface area contributed by atoms with Crippen LogP contribution in [0.5, 0.6) is 0 Å². The van der Waals surface area contributed by atoms with Gasteiger partial charge in [-0.3, -0.25) is 5.32 Å². The molecule has 0 fully saturated rings. The van der Waals surface area contributed by atoms with Crippen molar-refractivity contribution in [1.29, 1.82) is 0 Å². The van der Waals surface area contributed by atoms with Crippen molar-refractivity contribution in [2.75, 3.05) is 5.32 Å². The number of aryl methyl sites for hydroxylation is 1. The number of benzene rings is 2. The summed E-state index contributed by atoms with van der Waals surface area (Å²) in [6.45, 7) is 2.31. The van der Waals surface area contributed by atoms with Gasteiger partial charge in [0.05, 0.1) is 0 Å².